The molecule has 0 aromatic carbocycles. The average Bonchev–Trinajstić information content (AvgIpc) is 3.33. The monoisotopic (exact) mass is 343 g/mol. The number of aromatic nitrogens is 4. The number of hydrogen-bond acceptors (Lipinski definition) is 6. The van der Waals surface area contributed by atoms with E-state index in [9.17, 15) is 4.79 Å². The Morgan fingerprint density at radius 3 is 3.21 bits per heavy atom. The van der Waals surface area contributed by atoms with Crippen molar-refractivity contribution in [2.45, 2.75) is 19.0 Å². The minimum absolute atomic E-state index is 0.117. The van der Waals surface area contributed by atoms with Gasteiger partial charge >= 0.3 is 6.03 Å². The molecule has 2 N–H and O–H groups in total. The molecule has 0 aliphatic carbocycles. The highest BCUT2D eigenvalue weighted by Crippen LogP contribution is 2.18. The number of rotatable bonds is 4. The second-order valence-electron chi connectivity index (χ2n) is 5.66. The molecule has 1 aliphatic heterocycles. The van der Waals surface area contributed by atoms with Gasteiger partial charge in [0.25, 0.3) is 0 Å². The Kier molecular flexibility index (Phi) is 3.99. The summed E-state index contributed by atoms with van der Waals surface area (Å²) in [4.78, 5) is 15.3. The van der Waals surface area contributed by atoms with Crippen LogP contribution in [0, 0.1) is 0 Å². The van der Waals surface area contributed by atoms with Crippen LogP contribution in [-0.2, 0) is 6.54 Å². The molecular formula is C15H17N7OS. The molecule has 1 saturated heterocycles. The number of anilines is 1. The van der Waals surface area contributed by atoms with Crippen LogP contribution in [0.4, 0.5) is 10.6 Å². The molecular weight excluding hydrogens is 326 g/mol. The lowest BCUT2D eigenvalue weighted by Crippen LogP contribution is -2.43. The average molecular weight is 343 g/mol. The molecule has 4 rings (SSSR count). The number of carbonyl (C=O) groups is 1. The first-order valence-corrected chi connectivity index (χ1v) is 8.65. The molecule has 1 fully saturated rings. The highest BCUT2D eigenvalue weighted by Gasteiger charge is 2.25. The summed E-state index contributed by atoms with van der Waals surface area (Å²) in [6.07, 6.45) is 2.48. The second kappa shape index (κ2) is 6.44. The van der Waals surface area contributed by atoms with Crippen molar-refractivity contribution in [1.82, 2.24) is 30.4 Å². The number of urea groups is 1. The first-order valence-electron chi connectivity index (χ1n) is 7.77. The minimum Gasteiger partial charge on any atom is -0.353 e. The van der Waals surface area contributed by atoms with Crippen molar-refractivity contribution in [3.05, 3.63) is 40.8 Å². The summed E-state index contributed by atoms with van der Waals surface area (Å²) < 4.78 is 1.66. The van der Waals surface area contributed by atoms with Gasteiger partial charge < -0.3 is 15.5 Å². The molecule has 0 saturated carbocycles. The van der Waals surface area contributed by atoms with Gasteiger partial charge in [-0.05, 0) is 30.0 Å². The van der Waals surface area contributed by atoms with Gasteiger partial charge in [-0.25, -0.2) is 4.79 Å². The van der Waals surface area contributed by atoms with Gasteiger partial charge in [-0.3, -0.25) is 0 Å². The van der Waals surface area contributed by atoms with Crippen LogP contribution in [0.25, 0.3) is 5.65 Å². The highest BCUT2D eigenvalue weighted by atomic mass is 32.1. The first-order chi connectivity index (χ1) is 11.8. The van der Waals surface area contributed by atoms with Crippen molar-refractivity contribution in [2.24, 2.45) is 0 Å². The maximum Gasteiger partial charge on any atom is 0.315 e. The van der Waals surface area contributed by atoms with Gasteiger partial charge in [0.15, 0.2) is 5.65 Å². The van der Waals surface area contributed by atoms with Gasteiger partial charge in [0.05, 0.1) is 6.54 Å². The van der Waals surface area contributed by atoms with Gasteiger partial charge in [0, 0.05) is 24.0 Å². The Hall–Kier alpha value is -2.68. The minimum atomic E-state index is -0.127. The Labute approximate surface area is 142 Å². The molecule has 24 heavy (non-hydrogen) atoms. The van der Waals surface area contributed by atoms with Gasteiger partial charge in [0.2, 0.25) is 0 Å². The van der Waals surface area contributed by atoms with E-state index in [4.69, 9.17) is 0 Å². The number of fused-ring (bicyclic) bond motifs is 1. The zero-order chi connectivity index (χ0) is 16.4. The fourth-order valence-electron chi connectivity index (χ4n) is 2.79. The van der Waals surface area contributed by atoms with Crippen molar-refractivity contribution < 1.29 is 4.79 Å². The van der Waals surface area contributed by atoms with Crippen LogP contribution in [0.3, 0.4) is 0 Å². The third-order valence-electron chi connectivity index (χ3n) is 4.00. The fourth-order valence-corrected chi connectivity index (χ4v) is 3.43. The predicted molar refractivity (Wildman–Crippen MR) is 91.1 cm³/mol. The highest BCUT2D eigenvalue weighted by molar-refractivity contribution is 7.09. The summed E-state index contributed by atoms with van der Waals surface area (Å²) in [5.74, 6) is 0.866. The van der Waals surface area contributed by atoms with Crippen LogP contribution in [0.5, 0.6) is 0 Å². The quantitative estimate of drug-likeness (QED) is 0.745. The molecule has 4 heterocycles. The van der Waals surface area contributed by atoms with Crippen LogP contribution in [-0.4, -0.2) is 45.0 Å². The number of thiophene rings is 1. The molecule has 0 bridgehead atoms. The summed E-state index contributed by atoms with van der Waals surface area (Å²) in [7, 11) is 0. The van der Waals surface area contributed by atoms with Gasteiger partial charge in [-0.2, -0.15) is 4.52 Å². The number of nitrogens with one attached hydrogen (secondary N) is 2. The number of nitrogens with zero attached hydrogens (tertiary/aromatic N) is 5. The molecule has 0 spiro atoms. The molecule has 8 nitrogen and oxygen atoms in total. The normalized spacial score (nSPS) is 17.3. The first kappa shape index (κ1) is 14.9. The topological polar surface area (TPSA) is 87.5 Å². The van der Waals surface area contributed by atoms with Gasteiger partial charge in [-0.1, -0.05) is 6.07 Å². The van der Waals surface area contributed by atoms with E-state index in [1.54, 1.807) is 22.2 Å². The Morgan fingerprint density at radius 2 is 2.33 bits per heavy atom. The third-order valence-corrected chi connectivity index (χ3v) is 4.87. The largest absolute Gasteiger partial charge is 0.353 e. The van der Waals surface area contributed by atoms with Gasteiger partial charge in [-0.15, -0.1) is 26.6 Å². The van der Waals surface area contributed by atoms with Gasteiger partial charge in [0.1, 0.15) is 12.1 Å². The predicted octanol–water partition coefficient (Wildman–Crippen LogP) is 1.26. The maximum atomic E-state index is 12.0. The second-order valence-corrected chi connectivity index (χ2v) is 6.70. The van der Waals surface area contributed by atoms with Crippen molar-refractivity contribution in [2.75, 3.05) is 18.0 Å². The SMILES string of the molecule is O=C(NCc1cccs1)N[C@H]1CCN(c2ccc3nncn3n2)C1. The standard InChI is InChI=1S/C15H17N7OS/c23-15(16-8-12-2-1-7-24-12)18-11-5-6-21(9-11)14-4-3-13-19-17-10-22(13)20-14/h1-4,7,10-11H,5-6,8-9H2,(H2,16,18,23)/t11-/m0/s1. The van der Waals surface area contributed by atoms with Crippen molar-refractivity contribution in [1.29, 1.82) is 0 Å². The van der Waals surface area contributed by atoms with Crippen molar-refractivity contribution >= 4 is 28.8 Å². The molecule has 9 heteroatoms. The van der Waals surface area contributed by atoms with E-state index in [2.05, 4.69) is 30.8 Å². The zero-order valence-corrected chi connectivity index (χ0v) is 13.7. The molecule has 1 aliphatic rings. The molecule has 3 aromatic rings. The van der Waals surface area contributed by atoms with Crippen LogP contribution >= 0.6 is 11.3 Å². The lowest BCUT2D eigenvalue weighted by atomic mass is 10.3. The van der Waals surface area contributed by atoms with E-state index in [0.29, 0.717) is 6.54 Å². The molecule has 1 atom stereocenters. The summed E-state index contributed by atoms with van der Waals surface area (Å²) >= 11 is 1.64. The van der Waals surface area contributed by atoms with E-state index in [-0.39, 0.29) is 12.1 Å². The van der Waals surface area contributed by atoms with E-state index in [1.807, 2.05) is 29.6 Å². The molecule has 124 valence electrons. The third kappa shape index (κ3) is 3.16. The Morgan fingerprint density at radius 1 is 1.38 bits per heavy atom. The Balaban J connectivity index is 1.31. The molecule has 0 unspecified atom stereocenters. The van der Waals surface area contributed by atoms with Crippen molar-refractivity contribution in [3.8, 4) is 0 Å². The van der Waals surface area contributed by atoms with E-state index >= 15 is 0 Å². The van der Waals surface area contributed by atoms with E-state index in [1.165, 1.54) is 0 Å². The smallest absolute Gasteiger partial charge is 0.315 e. The molecule has 0 radical (unpaired) electrons. The number of hydrogen-bond donors (Lipinski definition) is 2. The van der Waals surface area contributed by atoms with E-state index in [0.717, 1.165) is 35.9 Å². The van der Waals surface area contributed by atoms with Crippen LogP contribution in [0.2, 0.25) is 0 Å². The molecule has 3 aromatic heterocycles. The summed E-state index contributed by atoms with van der Waals surface area (Å²) in [5.41, 5.74) is 0.723. The molecule has 2 amide bonds. The lowest BCUT2D eigenvalue weighted by molar-refractivity contribution is 0.237. The lowest BCUT2D eigenvalue weighted by Gasteiger charge is -2.18. The number of carbonyl (C=O) groups excluding carboxylic acids is 1. The summed E-state index contributed by atoms with van der Waals surface area (Å²) in [6.45, 7) is 2.16. The van der Waals surface area contributed by atoms with Crippen LogP contribution in [0.15, 0.2) is 36.0 Å². The van der Waals surface area contributed by atoms with Crippen LogP contribution in [0.1, 0.15) is 11.3 Å². The summed E-state index contributed by atoms with van der Waals surface area (Å²) in [6, 6.07) is 7.81. The van der Waals surface area contributed by atoms with Crippen molar-refractivity contribution in [3.63, 3.8) is 0 Å². The van der Waals surface area contributed by atoms with Crippen LogP contribution < -0.4 is 15.5 Å². The number of amides is 2. The Bertz CT molecular complexity index is 831. The fraction of sp³-hybridized carbons (Fsp3) is 0.333. The maximum absolute atomic E-state index is 12.0. The summed E-state index contributed by atoms with van der Waals surface area (Å²) in [5, 5.41) is 20.2. The van der Waals surface area contributed by atoms with E-state index < -0.39 is 0 Å². The zero-order valence-electron chi connectivity index (χ0n) is 12.9.